The molecule has 0 aliphatic carbocycles. The fourth-order valence-corrected chi connectivity index (χ4v) is 2.97. The predicted octanol–water partition coefficient (Wildman–Crippen LogP) is 6.84. The van der Waals surface area contributed by atoms with E-state index in [1.807, 2.05) is 54.6 Å². The highest BCUT2D eigenvalue weighted by molar-refractivity contribution is 5.86. The van der Waals surface area contributed by atoms with E-state index in [2.05, 4.69) is 19.2 Å². The molecule has 2 aromatic rings. The van der Waals surface area contributed by atoms with Gasteiger partial charge in [-0.05, 0) is 42.5 Å². The van der Waals surface area contributed by atoms with Crippen LogP contribution >= 0.6 is 0 Å². The molecule has 0 radical (unpaired) electrons. The molecule has 26 heavy (non-hydrogen) atoms. The third kappa shape index (κ3) is 7.73. The molecule has 0 saturated heterocycles. The number of nitrogens with one attached hydrogen (secondary N) is 1. The lowest BCUT2D eigenvalue weighted by Gasteiger charge is -2.11. The number of aryl methyl sites for hydroxylation is 1. The average molecular weight is 354 g/mol. The molecule has 0 heterocycles. The number of anilines is 1. The molecule has 0 atom stereocenters. The first-order valence-electron chi connectivity index (χ1n) is 9.77. The first-order valence-corrected chi connectivity index (χ1v) is 9.77. The predicted molar refractivity (Wildman–Crippen MR) is 109 cm³/mol. The van der Waals surface area contributed by atoms with Crippen molar-refractivity contribution in [2.45, 2.75) is 58.8 Å². The van der Waals surface area contributed by atoms with Crippen LogP contribution in [0, 0.1) is 5.92 Å². The van der Waals surface area contributed by atoms with E-state index in [0.29, 0.717) is 5.75 Å². The van der Waals surface area contributed by atoms with Crippen LogP contribution in [0.1, 0.15) is 57.9 Å². The number of hydrogen-bond acceptors (Lipinski definition) is 2. The molecule has 0 aliphatic rings. The Balaban J connectivity index is 1.75. The lowest BCUT2D eigenvalue weighted by atomic mass is 10.0. The lowest BCUT2D eigenvalue weighted by Crippen LogP contribution is -2.17. The van der Waals surface area contributed by atoms with Crippen LogP contribution in [-0.2, 0) is 6.42 Å². The molecule has 1 N–H and O–H groups in total. The topological polar surface area (TPSA) is 38.3 Å². The molecular weight excluding hydrogens is 322 g/mol. The number of benzene rings is 2. The molecule has 0 aliphatic heterocycles. The molecule has 0 saturated carbocycles. The van der Waals surface area contributed by atoms with E-state index in [1.54, 1.807) is 0 Å². The van der Waals surface area contributed by atoms with Crippen molar-refractivity contribution < 1.29 is 9.53 Å². The SMILES string of the molecule is CC(C)CCCCCCCc1ccccc1OC(=O)Nc1ccccc1. The van der Waals surface area contributed by atoms with E-state index in [-0.39, 0.29) is 0 Å². The van der Waals surface area contributed by atoms with Gasteiger partial charge in [0.2, 0.25) is 0 Å². The monoisotopic (exact) mass is 353 g/mol. The van der Waals surface area contributed by atoms with Gasteiger partial charge >= 0.3 is 6.09 Å². The number of rotatable bonds is 10. The fraction of sp³-hybridized carbons (Fsp3) is 0.435. The van der Waals surface area contributed by atoms with Gasteiger partial charge in [0, 0.05) is 5.69 Å². The van der Waals surface area contributed by atoms with Crippen molar-refractivity contribution in [2.24, 2.45) is 5.92 Å². The lowest BCUT2D eigenvalue weighted by molar-refractivity contribution is 0.214. The van der Waals surface area contributed by atoms with Crippen LogP contribution in [0.25, 0.3) is 0 Å². The first-order chi connectivity index (χ1) is 12.6. The summed E-state index contributed by atoms with van der Waals surface area (Å²) >= 11 is 0. The summed E-state index contributed by atoms with van der Waals surface area (Å²) in [6.45, 7) is 4.57. The summed E-state index contributed by atoms with van der Waals surface area (Å²) in [6.07, 6.45) is 8.10. The quantitative estimate of drug-likeness (QED) is 0.475. The van der Waals surface area contributed by atoms with Crippen LogP contribution < -0.4 is 10.1 Å². The highest BCUT2D eigenvalue weighted by Crippen LogP contribution is 2.22. The van der Waals surface area contributed by atoms with Crippen LogP contribution in [0.5, 0.6) is 5.75 Å². The molecule has 0 aromatic heterocycles. The second-order valence-electron chi connectivity index (χ2n) is 7.19. The van der Waals surface area contributed by atoms with Gasteiger partial charge < -0.3 is 4.74 Å². The van der Waals surface area contributed by atoms with Gasteiger partial charge in [0.1, 0.15) is 5.75 Å². The molecule has 2 aromatic carbocycles. The van der Waals surface area contributed by atoms with Gasteiger partial charge in [-0.15, -0.1) is 0 Å². The number of ether oxygens (including phenoxy) is 1. The van der Waals surface area contributed by atoms with Gasteiger partial charge in [-0.25, -0.2) is 4.79 Å². The van der Waals surface area contributed by atoms with Crippen LogP contribution in [-0.4, -0.2) is 6.09 Å². The molecule has 0 bridgehead atoms. The molecule has 0 fully saturated rings. The van der Waals surface area contributed by atoms with Gasteiger partial charge in [0.15, 0.2) is 0 Å². The molecular formula is C23H31NO2. The third-order valence-electron chi connectivity index (χ3n) is 4.42. The highest BCUT2D eigenvalue weighted by atomic mass is 16.6. The zero-order chi connectivity index (χ0) is 18.6. The van der Waals surface area contributed by atoms with E-state index in [0.717, 1.165) is 30.0 Å². The smallest absolute Gasteiger partial charge is 0.410 e. The molecule has 3 heteroatoms. The Bertz CT molecular complexity index is 652. The zero-order valence-electron chi connectivity index (χ0n) is 16.0. The van der Waals surface area contributed by atoms with E-state index in [1.165, 1.54) is 32.1 Å². The summed E-state index contributed by atoms with van der Waals surface area (Å²) in [5, 5.41) is 2.76. The Labute approximate surface area is 157 Å². The van der Waals surface area contributed by atoms with Crippen LogP contribution in [0.15, 0.2) is 54.6 Å². The number of carbonyl (C=O) groups excluding carboxylic acids is 1. The minimum Gasteiger partial charge on any atom is -0.410 e. The van der Waals surface area contributed by atoms with Crippen molar-refractivity contribution in [1.29, 1.82) is 0 Å². The van der Waals surface area contributed by atoms with E-state index < -0.39 is 6.09 Å². The van der Waals surface area contributed by atoms with E-state index >= 15 is 0 Å². The summed E-state index contributed by atoms with van der Waals surface area (Å²) < 4.78 is 5.52. The number of carbonyl (C=O) groups is 1. The Kier molecular flexibility index (Phi) is 8.74. The molecule has 2 rings (SSSR count). The molecule has 140 valence electrons. The molecule has 3 nitrogen and oxygen atoms in total. The maximum Gasteiger partial charge on any atom is 0.417 e. The maximum absolute atomic E-state index is 12.1. The van der Waals surface area contributed by atoms with Crippen molar-refractivity contribution in [3.8, 4) is 5.75 Å². The van der Waals surface area contributed by atoms with Gasteiger partial charge in [0.05, 0.1) is 0 Å². The third-order valence-corrected chi connectivity index (χ3v) is 4.42. The number of para-hydroxylation sites is 2. The maximum atomic E-state index is 12.1. The fourth-order valence-electron chi connectivity index (χ4n) is 2.97. The largest absolute Gasteiger partial charge is 0.417 e. The molecule has 1 amide bonds. The summed E-state index contributed by atoms with van der Waals surface area (Å²) in [6, 6.07) is 17.2. The molecule has 0 unspecified atom stereocenters. The van der Waals surface area contributed by atoms with Crippen LogP contribution in [0.3, 0.4) is 0 Å². The number of hydrogen-bond donors (Lipinski definition) is 1. The van der Waals surface area contributed by atoms with E-state index in [9.17, 15) is 4.79 Å². The van der Waals surface area contributed by atoms with Gasteiger partial charge in [-0.2, -0.15) is 0 Å². The van der Waals surface area contributed by atoms with Gasteiger partial charge in [-0.1, -0.05) is 82.3 Å². The van der Waals surface area contributed by atoms with Crippen molar-refractivity contribution in [3.05, 3.63) is 60.2 Å². The Morgan fingerprint density at radius 3 is 2.31 bits per heavy atom. The Morgan fingerprint density at radius 2 is 1.54 bits per heavy atom. The highest BCUT2D eigenvalue weighted by Gasteiger charge is 2.09. The number of amides is 1. The van der Waals surface area contributed by atoms with Gasteiger partial charge in [-0.3, -0.25) is 5.32 Å². The van der Waals surface area contributed by atoms with E-state index in [4.69, 9.17) is 4.74 Å². The van der Waals surface area contributed by atoms with Crippen molar-refractivity contribution >= 4 is 11.8 Å². The summed E-state index contributed by atoms with van der Waals surface area (Å²) in [7, 11) is 0. The summed E-state index contributed by atoms with van der Waals surface area (Å²) in [5.41, 5.74) is 1.83. The van der Waals surface area contributed by atoms with Crippen molar-refractivity contribution in [3.63, 3.8) is 0 Å². The average Bonchev–Trinajstić information content (AvgIpc) is 2.62. The second kappa shape index (κ2) is 11.3. The Hall–Kier alpha value is -2.29. The van der Waals surface area contributed by atoms with Crippen molar-refractivity contribution in [1.82, 2.24) is 0 Å². The summed E-state index contributed by atoms with van der Waals surface area (Å²) in [5.74, 6) is 1.46. The minimum atomic E-state index is -0.447. The normalized spacial score (nSPS) is 10.7. The first kappa shape index (κ1) is 20.0. The second-order valence-corrected chi connectivity index (χ2v) is 7.19. The minimum absolute atomic E-state index is 0.447. The van der Waals surface area contributed by atoms with Crippen LogP contribution in [0.4, 0.5) is 10.5 Å². The Morgan fingerprint density at radius 1 is 0.885 bits per heavy atom. The standard InChI is InChI=1S/C23H31NO2/c1-19(2)13-7-4-3-5-8-14-20-15-11-12-18-22(20)26-23(25)24-21-16-9-6-10-17-21/h6,9-12,15-19H,3-5,7-8,13-14H2,1-2H3,(H,24,25). The van der Waals surface area contributed by atoms with Gasteiger partial charge in [0.25, 0.3) is 0 Å². The van der Waals surface area contributed by atoms with Crippen LogP contribution in [0.2, 0.25) is 0 Å². The summed E-state index contributed by atoms with van der Waals surface area (Å²) in [4.78, 5) is 12.1. The number of unbranched alkanes of at least 4 members (excludes halogenated alkanes) is 4. The zero-order valence-corrected chi connectivity index (χ0v) is 16.0. The van der Waals surface area contributed by atoms with Crippen molar-refractivity contribution in [2.75, 3.05) is 5.32 Å². The molecule has 0 spiro atoms.